The lowest BCUT2D eigenvalue weighted by molar-refractivity contribution is 0.405. The Hall–Kier alpha value is -1.49. The zero-order valence-electron chi connectivity index (χ0n) is 10.7. The third-order valence-corrected chi connectivity index (χ3v) is 3.69. The Morgan fingerprint density at radius 1 is 1.10 bits per heavy atom. The van der Waals surface area contributed by atoms with Gasteiger partial charge in [-0.2, -0.15) is 0 Å². The van der Waals surface area contributed by atoms with Crippen molar-refractivity contribution in [3.05, 3.63) is 65.0 Å². The first-order chi connectivity index (χ1) is 9.51. The van der Waals surface area contributed by atoms with Crippen LogP contribution in [0.3, 0.4) is 0 Å². The summed E-state index contributed by atoms with van der Waals surface area (Å²) in [6.07, 6.45) is 0.276. The number of ether oxygens (including phenoxy) is 1. The molecule has 0 N–H and O–H groups in total. The van der Waals surface area contributed by atoms with Crippen molar-refractivity contribution in [1.82, 2.24) is 0 Å². The van der Waals surface area contributed by atoms with Crippen molar-refractivity contribution < 1.29 is 17.9 Å². The Labute approximate surface area is 123 Å². The molecule has 20 heavy (non-hydrogen) atoms. The van der Waals surface area contributed by atoms with Gasteiger partial charge in [0.1, 0.15) is 23.2 Å². The molecule has 106 valence electrons. The Bertz CT molecular complexity index is 593. The van der Waals surface area contributed by atoms with E-state index in [-0.39, 0.29) is 23.6 Å². The summed E-state index contributed by atoms with van der Waals surface area (Å²) >= 11 is 3.25. The van der Waals surface area contributed by atoms with Gasteiger partial charge in [0, 0.05) is 22.5 Å². The van der Waals surface area contributed by atoms with Crippen LogP contribution in [0.1, 0.15) is 16.0 Å². The van der Waals surface area contributed by atoms with E-state index in [0.717, 1.165) is 12.1 Å². The van der Waals surface area contributed by atoms with Gasteiger partial charge in [-0.1, -0.05) is 28.1 Å². The topological polar surface area (TPSA) is 9.23 Å². The third kappa shape index (κ3) is 3.33. The van der Waals surface area contributed by atoms with Crippen LogP contribution in [0.15, 0.2) is 36.4 Å². The van der Waals surface area contributed by atoms with Crippen molar-refractivity contribution in [3.63, 3.8) is 0 Å². The van der Waals surface area contributed by atoms with Crippen LogP contribution in [0, 0.1) is 17.5 Å². The highest BCUT2D eigenvalue weighted by molar-refractivity contribution is 9.09. The number of methoxy groups -OCH3 is 1. The minimum Gasteiger partial charge on any atom is -0.497 e. The zero-order valence-corrected chi connectivity index (χ0v) is 12.3. The highest BCUT2D eigenvalue weighted by Gasteiger charge is 2.19. The van der Waals surface area contributed by atoms with Crippen molar-refractivity contribution in [1.29, 1.82) is 0 Å². The van der Waals surface area contributed by atoms with Crippen molar-refractivity contribution in [2.24, 2.45) is 0 Å². The molecule has 0 amide bonds. The van der Waals surface area contributed by atoms with Crippen LogP contribution in [0.4, 0.5) is 13.2 Å². The standard InChI is InChI=1S/C15H12BrF3O/c1-20-11-7-13(18)15(14(19)8-11)12(16)6-9-3-2-4-10(17)5-9/h2-5,7-8,12H,6H2,1H3. The fraction of sp³-hybridized carbons (Fsp3) is 0.200. The fourth-order valence-electron chi connectivity index (χ4n) is 1.95. The normalized spacial score (nSPS) is 12.2. The van der Waals surface area contributed by atoms with Crippen LogP contribution in [-0.4, -0.2) is 7.11 Å². The van der Waals surface area contributed by atoms with Gasteiger partial charge in [0.05, 0.1) is 7.11 Å². The van der Waals surface area contributed by atoms with E-state index in [1.54, 1.807) is 12.1 Å². The molecule has 2 aromatic rings. The summed E-state index contributed by atoms with van der Waals surface area (Å²) in [5, 5.41) is 0. The molecule has 0 saturated carbocycles. The molecule has 1 unspecified atom stereocenters. The van der Waals surface area contributed by atoms with E-state index in [4.69, 9.17) is 4.74 Å². The Balaban J connectivity index is 2.27. The van der Waals surface area contributed by atoms with Crippen LogP contribution < -0.4 is 4.74 Å². The molecular weight excluding hydrogens is 333 g/mol. The summed E-state index contributed by atoms with van der Waals surface area (Å²) in [4.78, 5) is -0.588. The predicted octanol–water partition coefficient (Wildman–Crippen LogP) is 4.79. The predicted molar refractivity (Wildman–Crippen MR) is 74.7 cm³/mol. The molecule has 1 nitrogen and oxygen atoms in total. The van der Waals surface area contributed by atoms with E-state index in [9.17, 15) is 13.2 Å². The average molecular weight is 345 g/mol. The first-order valence-electron chi connectivity index (χ1n) is 5.92. The van der Waals surface area contributed by atoms with E-state index in [0.29, 0.717) is 5.56 Å². The summed E-state index contributed by atoms with van der Waals surface area (Å²) in [5.74, 6) is -1.65. The maximum atomic E-state index is 13.9. The number of hydrogen-bond donors (Lipinski definition) is 0. The molecule has 0 saturated heterocycles. The van der Waals surface area contributed by atoms with Crippen molar-refractivity contribution >= 4 is 15.9 Å². The molecule has 0 spiro atoms. The van der Waals surface area contributed by atoms with Gasteiger partial charge in [-0.15, -0.1) is 0 Å². The van der Waals surface area contributed by atoms with Crippen molar-refractivity contribution in [2.45, 2.75) is 11.2 Å². The van der Waals surface area contributed by atoms with Gasteiger partial charge in [0.15, 0.2) is 0 Å². The molecular formula is C15H12BrF3O. The van der Waals surface area contributed by atoms with E-state index in [1.165, 1.54) is 19.2 Å². The van der Waals surface area contributed by atoms with E-state index in [2.05, 4.69) is 15.9 Å². The first-order valence-corrected chi connectivity index (χ1v) is 6.84. The minimum atomic E-state index is -0.694. The van der Waals surface area contributed by atoms with Gasteiger partial charge >= 0.3 is 0 Å². The lowest BCUT2D eigenvalue weighted by Crippen LogP contribution is -2.03. The molecule has 0 aliphatic rings. The smallest absolute Gasteiger partial charge is 0.134 e. The van der Waals surface area contributed by atoms with Gasteiger partial charge in [-0.25, -0.2) is 13.2 Å². The molecule has 0 fully saturated rings. The molecule has 0 bridgehead atoms. The SMILES string of the molecule is COc1cc(F)c(C(Br)Cc2cccc(F)c2)c(F)c1. The molecule has 2 rings (SSSR count). The number of rotatable bonds is 4. The maximum absolute atomic E-state index is 13.9. The van der Waals surface area contributed by atoms with Crippen LogP contribution in [0.25, 0.3) is 0 Å². The van der Waals surface area contributed by atoms with Crippen molar-refractivity contribution in [3.8, 4) is 5.75 Å². The first kappa shape index (κ1) is 14.9. The van der Waals surface area contributed by atoms with Crippen LogP contribution in [0.5, 0.6) is 5.75 Å². The van der Waals surface area contributed by atoms with E-state index >= 15 is 0 Å². The summed E-state index contributed by atoms with van der Waals surface area (Å²) in [6.45, 7) is 0. The molecule has 0 heterocycles. The summed E-state index contributed by atoms with van der Waals surface area (Å²) in [6, 6.07) is 8.17. The number of hydrogen-bond acceptors (Lipinski definition) is 1. The Morgan fingerprint density at radius 3 is 2.30 bits per heavy atom. The second kappa shape index (κ2) is 6.31. The highest BCUT2D eigenvalue weighted by atomic mass is 79.9. The van der Waals surface area contributed by atoms with Gasteiger partial charge < -0.3 is 4.74 Å². The second-order valence-electron chi connectivity index (χ2n) is 4.31. The molecule has 2 aromatic carbocycles. The van der Waals surface area contributed by atoms with Crippen LogP contribution in [-0.2, 0) is 6.42 Å². The lowest BCUT2D eigenvalue weighted by atomic mass is 10.0. The monoisotopic (exact) mass is 344 g/mol. The molecule has 0 aliphatic heterocycles. The van der Waals surface area contributed by atoms with Crippen molar-refractivity contribution in [2.75, 3.05) is 7.11 Å². The zero-order chi connectivity index (χ0) is 14.7. The molecule has 1 atom stereocenters. The molecule has 0 aromatic heterocycles. The largest absolute Gasteiger partial charge is 0.497 e. The summed E-state index contributed by atoms with van der Waals surface area (Å²) in [7, 11) is 1.34. The summed E-state index contributed by atoms with van der Waals surface area (Å²) in [5.41, 5.74) is 0.566. The quantitative estimate of drug-likeness (QED) is 0.724. The fourth-order valence-corrected chi connectivity index (χ4v) is 2.76. The van der Waals surface area contributed by atoms with Crippen LogP contribution in [0.2, 0.25) is 0 Å². The molecule has 5 heteroatoms. The van der Waals surface area contributed by atoms with Gasteiger partial charge in [0.2, 0.25) is 0 Å². The van der Waals surface area contributed by atoms with Gasteiger partial charge in [-0.05, 0) is 24.1 Å². The summed E-state index contributed by atoms with van der Waals surface area (Å²) < 4.78 is 45.7. The molecule has 0 radical (unpaired) electrons. The number of halogens is 4. The Kier molecular flexibility index (Phi) is 4.70. The number of alkyl halides is 1. The lowest BCUT2D eigenvalue weighted by Gasteiger charge is -2.13. The maximum Gasteiger partial charge on any atom is 0.134 e. The second-order valence-corrected chi connectivity index (χ2v) is 5.41. The average Bonchev–Trinajstić information content (AvgIpc) is 2.37. The van der Waals surface area contributed by atoms with Crippen LogP contribution >= 0.6 is 15.9 Å². The van der Waals surface area contributed by atoms with Gasteiger partial charge in [0.25, 0.3) is 0 Å². The third-order valence-electron chi connectivity index (χ3n) is 2.91. The van der Waals surface area contributed by atoms with Gasteiger partial charge in [-0.3, -0.25) is 0 Å². The Morgan fingerprint density at radius 2 is 1.75 bits per heavy atom. The minimum absolute atomic E-state index is 0.0879. The van der Waals surface area contributed by atoms with E-state index in [1.807, 2.05) is 0 Å². The number of benzene rings is 2. The van der Waals surface area contributed by atoms with E-state index < -0.39 is 16.5 Å². The highest BCUT2D eigenvalue weighted by Crippen LogP contribution is 2.33. The molecule has 0 aliphatic carbocycles.